The molecule has 1 aliphatic heterocycles. The standard InChI is InChI=1S/C19H31NS/c1-5-8-12-16(7-3)19(15-9-6-2)20(4)17-13-10-11-14-18(17)21-19/h10-11,13-14,16H,5-9,12,15H2,1-4H3/t16-,19+/m0/s1. The lowest BCUT2D eigenvalue weighted by Gasteiger charge is -2.43. The van der Waals surface area contributed by atoms with Gasteiger partial charge in [-0.3, -0.25) is 0 Å². The first-order chi connectivity index (χ1) is 10.2. The molecule has 0 aliphatic carbocycles. The highest BCUT2D eigenvalue weighted by Gasteiger charge is 2.46. The lowest BCUT2D eigenvalue weighted by atomic mass is 9.86. The van der Waals surface area contributed by atoms with Gasteiger partial charge in [0.15, 0.2) is 0 Å². The number of benzene rings is 1. The van der Waals surface area contributed by atoms with E-state index >= 15 is 0 Å². The predicted molar refractivity (Wildman–Crippen MR) is 96.3 cm³/mol. The van der Waals surface area contributed by atoms with Crippen LogP contribution in [0.3, 0.4) is 0 Å². The highest BCUT2D eigenvalue weighted by Crippen LogP contribution is 2.56. The second-order valence-electron chi connectivity index (χ2n) is 6.32. The maximum Gasteiger partial charge on any atom is 0.0932 e. The maximum absolute atomic E-state index is 2.60. The number of unbranched alkanes of at least 4 members (excludes halogenated alkanes) is 2. The summed E-state index contributed by atoms with van der Waals surface area (Å²) in [4.78, 5) is 4.36. The summed E-state index contributed by atoms with van der Waals surface area (Å²) >= 11 is 2.14. The van der Waals surface area contributed by atoms with Gasteiger partial charge in [0.05, 0.1) is 10.6 Å². The van der Waals surface area contributed by atoms with Crippen molar-refractivity contribution >= 4 is 17.4 Å². The van der Waals surface area contributed by atoms with E-state index in [2.05, 4.69) is 68.7 Å². The first-order valence-electron chi connectivity index (χ1n) is 8.71. The molecule has 1 aromatic rings. The van der Waals surface area contributed by atoms with Gasteiger partial charge in [-0.2, -0.15) is 0 Å². The van der Waals surface area contributed by atoms with Crippen molar-refractivity contribution in [2.45, 2.75) is 75.5 Å². The van der Waals surface area contributed by atoms with Crippen LogP contribution >= 0.6 is 11.8 Å². The van der Waals surface area contributed by atoms with Gasteiger partial charge in [0.25, 0.3) is 0 Å². The molecule has 2 heteroatoms. The van der Waals surface area contributed by atoms with E-state index in [-0.39, 0.29) is 4.87 Å². The first-order valence-corrected chi connectivity index (χ1v) is 9.53. The average Bonchev–Trinajstić information content (AvgIpc) is 2.80. The molecule has 0 bridgehead atoms. The molecule has 21 heavy (non-hydrogen) atoms. The van der Waals surface area contributed by atoms with E-state index in [0.29, 0.717) is 0 Å². The molecule has 0 aromatic heterocycles. The second kappa shape index (κ2) is 7.58. The van der Waals surface area contributed by atoms with Crippen molar-refractivity contribution in [1.29, 1.82) is 0 Å². The molecule has 0 amide bonds. The minimum atomic E-state index is 0.281. The molecule has 0 saturated heterocycles. The molecule has 1 aliphatic rings. The Morgan fingerprint density at radius 3 is 2.43 bits per heavy atom. The average molecular weight is 306 g/mol. The molecule has 118 valence electrons. The minimum Gasteiger partial charge on any atom is -0.358 e. The molecule has 2 rings (SSSR count). The lowest BCUT2D eigenvalue weighted by molar-refractivity contribution is 0.312. The van der Waals surface area contributed by atoms with Crippen molar-refractivity contribution in [3.63, 3.8) is 0 Å². The Kier molecular flexibility index (Phi) is 6.04. The quantitative estimate of drug-likeness (QED) is 0.552. The summed E-state index contributed by atoms with van der Waals surface area (Å²) < 4.78 is 0. The summed E-state index contributed by atoms with van der Waals surface area (Å²) in [5.41, 5.74) is 1.44. The number of nitrogens with zero attached hydrogens (tertiary/aromatic N) is 1. The molecule has 1 aromatic carbocycles. The molecule has 0 saturated carbocycles. The van der Waals surface area contributed by atoms with Crippen molar-refractivity contribution < 1.29 is 0 Å². The van der Waals surface area contributed by atoms with Crippen LogP contribution in [0.15, 0.2) is 29.2 Å². The largest absolute Gasteiger partial charge is 0.358 e. The SMILES string of the molecule is CCCC[C@H](CC)[C@@]1(CCCC)Sc2ccccc2N1C. The molecule has 0 radical (unpaired) electrons. The van der Waals surface area contributed by atoms with Crippen LogP contribution in [0.25, 0.3) is 0 Å². The smallest absolute Gasteiger partial charge is 0.0932 e. The number of hydrogen-bond acceptors (Lipinski definition) is 2. The van der Waals surface area contributed by atoms with E-state index < -0.39 is 0 Å². The highest BCUT2D eigenvalue weighted by atomic mass is 32.2. The van der Waals surface area contributed by atoms with E-state index in [1.165, 1.54) is 55.5 Å². The van der Waals surface area contributed by atoms with Crippen LogP contribution in [0.4, 0.5) is 5.69 Å². The number of fused-ring (bicyclic) bond motifs is 1. The lowest BCUT2D eigenvalue weighted by Crippen LogP contribution is -2.47. The van der Waals surface area contributed by atoms with Gasteiger partial charge in [-0.1, -0.05) is 76.8 Å². The van der Waals surface area contributed by atoms with Crippen molar-refractivity contribution in [2.75, 3.05) is 11.9 Å². The predicted octanol–water partition coefficient (Wildman–Crippen LogP) is 6.33. The molecule has 1 nitrogen and oxygen atoms in total. The van der Waals surface area contributed by atoms with Crippen molar-refractivity contribution in [3.05, 3.63) is 24.3 Å². The first kappa shape index (κ1) is 16.7. The Bertz CT molecular complexity index is 445. The fraction of sp³-hybridized carbons (Fsp3) is 0.684. The van der Waals surface area contributed by atoms with Gasteiger partial charge in [0.2, 0.25) is 0 Å². The summed E-state index contributed by atoms with van der Waals surface area (Å²) in [7, 11) is 2.32. The summed E-state index contributed by atoms with van der Waals surface area (Å²) in [5.74, 6) is 0.784. The van der Waals surface area contributed by atoms with Gasteiger partial charge in [-0.15, -0.1) is 0 Å². The number of para-hydroxylation sites is 1. The van der Waals surface area contributed by atoms with Gasteiger partial charge in [0.1, 0.15) is 0 Å². The minimum absolute atomic E-state index is 0.281. The molecule has 0 unspecified atom stereocenters. The zero-order chi connectivity index (χ0) is 15.3. The van der Waals surface area contributed by atoms with E-state index in [4.69, 9.17) is 0 Å². The fourth-order valence-electron chi connectivity index (χ4n) is 3.69. The van der Waals surface area contributed by atoms with Crippen LogP contribution in [0.5, 0.6) is 0 Å². The van der Waals surface area contributed by atoms with Gasteiger partial charge in [-0.25, -0.2) is 0 Å². The van der Waals surface area contributed by atoms with Crippen LogP contribution in [0.2, 0.25) is 0 Å². The van der Waals surface area contributed by atoms with Gasteiger partial charge >= 0.3 is 0 Å². The number of rotatable bonds is 8. The third kappa shape index (κ3) is 3.26. The van der Waals surface area contributed by atoms with Crippen LogP contribution in [0.1, 0.15) is 65.7 Å². The summed E-state index contributed by atoms with van der Waals surface area (Å²) in [6.45, 7) is 7.00. The molecule has 0 N–H and O–H groups in total. The van der Waals surface area contributed by atoms with Gasteiger partial charge in [0, 0.05) is 11.9 Å². The fourth-order valence-corrected chi connectivity index (χ4v) is 5.46. The van der Waals surface area contributed by atoms with Crippen LogP contribution in [-0.2, 0) is 0 Å². The Morgan fingerprint density at radius 2 is 1.81 bits per heavy atom. The normalized spacial score (nSPS) is 22.4. The zero-order valence-electron chi connectivity index (χ0n) is 14.2. The molecule has 0 fully saturated rings. The van der Waals surface area contributed by atoms with Crippen molar-refractivity contribution in [3.8, 4) is 0 Å². The van der Waals surface area contributed by atoms with Crippen LogP contribution in [-0.4, -0.2) is 11.9 Å². The maximum atomic E-state index is 2.60. The van der Waals surface area contributed by atoms with E-state index in [1.54, 1.807) is 0 Å². The summed E-state index contributed by atoms with van der Waals surface area (Å²) in [5, 5.41) is 0. The second-order valence-corrected chi connectivity index (χ2v) is 7.68. The Labute approximate surface area is 135 Å². The topological polar surface area (TPSA) is 3.24 Å². The summed E-state index contributed by atoms with van der Waals surface area (Å²) in [6, 6.07) is 8.96. The third-order valence-electron chi connectivity index (χ3n) is 5.01. The third-order valence-corrected chi connectivity index (χ3v) is 6.74. The van der Waals surface area contributed by atoms with Crippen molar-refractivity contribution in [2.24, 2.45) is 5.92 Å². The highest BCUT2D eigenvalue weighted by molar-refractivity contribution is 8.01. The van der Waals surface area contributed by atoms with E-state index in [1.807, 2.05) is 0 Å². The number of anilines is 1. The molecule has 1 heterocycles. The Balaban J connectivity index is 2.30. The Morgan fingerprint density at radius 1 is 1.10 bits per heavy atom. The summed E-state index contributed by atoms with van der Waals surface area (Å²) in [6.07, 6.45) is 9.24. The monoisotopic (exact) mass is 305 g/mol. The Hall–Kier alpha value is -0.630. The van der Waals surface area contributed by atoms with Crippen LogP contribution < -0.4 is 4.90 Å². The van der Waals surface area contributed by atoms with E-state index in [9.17, 15) is 0 Å². The van der Waals surface area contributed by atoms with Gasteiger partial charge < -0.3 is 4.90 Å². The van der Waals surface area contributed by atoms with E-state index in [0.717, 1.165) is 5.92 Å². The number of thioether (sulfide) groups is 1. The number of hydrogen-bond donors (Lipinski definition) is 0. The molecular weight excluding hydrogens is 274 g/mol. The van der Waals surface area contributed by atoms with Gasteiger partial charge in [-0.05, 0) is 30.9 Å². The zero-order valence-corrected chi connectivity index (χ0v) is 15.0. The molecule has 2 atom stereocenters. The van der Waals surface area contributed by atoms with Crippen LogP contribution in [0, 0.1) is 5.92 Å². The molecule has 0 spiro atoms. The molecular formula is C19H31NS. The van der Waals surface area contributed by atoms with Crippen molar-refractivity contribution in [1.82, 2.24) is 0 Å².